The van der Waals surface area contributed by atoms with Gasteiger partial charge in [-0.15, -0.1) is 0 Å². The van der Waals surface area contributed by atoms with Gasteiger partial charge in [-0.3, -0.25) is 0 Å². The molecule has 0 aromatic heterocycles. The van der Waals surface area contributed by atoms with Crippen molar-refractivity contribution in [2.24, 2.45) is 106 Å². The van der Waals surface area contributed by atoms with Gasteiger partial charge in [0.15, 0.2) is 0 Å². The van der Waals surface area contributed by atoms with Gasteiger partial charge in [0.25, 0.3) is 0 Å². The van der Waals surface area contributed by atoms with Gasteiger partial charge >= 0.3 is 0 Å². The molecule has 328 valence electrons. The lowest BCUT2D eigenvalue weighted by molar-refractivity contribution is 0.00838. The minimum atomic E-state index is 0.581. The second-order valence-electron chi connectivity index (χ2n) is 25.4. The Kier molecular flexibility index (Phi) is 11.8. The summed E-state index contributed by atoms with van der Waals surface area (Å²) < 4.78 is 0. The van der Waals surface area contributed by atoms with Gasteiger partial charge in [-0.25, -0.2) is 0 Å². The lowest BCUT2D eigenvalue weighted by Gasteiger charge is -2.52. The zero-order chi connectivity index (χ0) is 39.8. The van der Waals surface area contributed by atoms with Crippen LogP contribution in [-0.2, 0) is 0 Å². The van der Waals surface area contributed by atoms with Crippen LogP contribution < -0.4 is 5.32 Å². The van der Waals surface area contributed by atoms with Gasteiger partial charge in [0, 0.05) is 17.5 Å². The molecule has 11 rings (SSSR count). The molecule has 10 aliphatic carbocycles. The lowest BCUT2D eigenvalue weighted by atomic mass is 9.52. The van der Waals surface area contributed by atoms with Crippen molar-refractivity contribution in [1.29, 1.82) is 0 Å². The average Bonchev–Trinajstić information content (AvgIpc) is 3.74. The Hall–Kier alpha value is -0.820. The number of allylic oxidation sites excluding steroid dienone is 6. The maximum Gasteiger partial charge on any atom is 0.0101 e. The van der Waals surface area contributed by atoms with E-state index in [2.05, 4.69) is 56.8 Å². The summed E-state index contributed by atoms with van der Waals surface area (Å²) in [7, 11) is 0. The van der Waals surface area contributed by atoms with Gasteiger partial charge in [-0.2, -0.15) is 0 Å². The van der Waals surface area contributed by atoms with Crippen molar-refractivity contribution in [1.82, 2.24) is 5.32 Å². The van der Waals surface area contributed by atoms with Crippen molar-refractivity contribution in [3.8, 4) is 0 Å². The predicted octanol–water partition coefficient (Wildman–Crippen LogP) is 15.7. The quantitative estimate of drug-likeness (QED) is 0.273. The van der Waals surface area contributed by atoms with Crippen molar-refractivity contribution in [3.05, 3.63) is 34.9 Å². The van der Waals surface area contributed by atoms with Crippen molar-refractivity contribution >= 4 is 0 Å². The number of hydrogen-bond donors (Lipinski definition) is 1. The zero-order valence-corrected chi connectivity index (χ0v) is 39.0. The maximum absolute atomic E-state index is 4.69. The Morgan fingerprint density at radius 2 is 1.20 bits per heavy atom. The van der Waals surface area contributed by atoms with E-state index in [9.17, 15) is 0 Å². The molecule has 1 N–H and O–H groups in total. The Morgan fingerprint density at radius 3 is 1.93 bits per heavy atom. The molecule has 8 fully saturated rings. The molecule has 1 nitrogen and oxygen atoms in total. The van der Waals surface area contributed by atoms with E-state index < -0.39 is 0 Å². The third-order valence-corrected chi connectivity index (χ3v) is 22.8. The third-order valence-electron chi connectivity index (χ3n) is 22.8. The summed E-state index contributed by atoms with van der Waals surface area (Å²) in [5.74, 6) is 16.2. The van der Waals surface area contributed by atoms with Gasteiger partial charge < -0.3 is 5.32 Å². The third kappa shape index (κ3) is 7.32. The van der Waals surface area contributed by atoms with Crippen LogP contribution in [0.5, 0.6) is 0 Å². The molecule has 0 aromatic carbocycles. The van der Waals surface area contributed by atoms with E-state index >= 15 is 0 Å². The Morgan fingerprint density at radius 1 is 0.525 bits per heavy atom. The summed E-state index contributed by atoms with van der Waals surface area (Å²) in [6.45, 7) is 10.2. The Labute approximate surface area is 364 Å². The maximum atomic E-state index is 4.69. The van der Waals surface area contributed by atoms with Crippen LogP contribution in [0.4, 0.5) is 0 Å². The van der Waals surface area contributed by atoms with Gasteiger partial charge in [-0.05, 0) is 222 Å². The summed E-state index contributed by atoms with van der Waals surface area (Å²) in [5.41, 5.74) is 6.39. The minimum Gasteiger partial charge on any atom is -0.311 e. The first-order valence-corrected chi connectivity index (χ1v) is 27.7. The standard InChI is InChI=1S/C58H91N/c1-36-18-22-41(23-19-36)46-34-56(43-24-21-38(3)39(4)29-43)59-57(35-46)47-31-44(40-12-6-5-7-13-40)30-45(32-47)42-25-27-51-50-26-20-37(2)28-54(50)58(55(51)33-42)52-16-10-8-14-48(52)49-15-9-11-17-53(49)58/h18,25,27,37-50,52-54,56-57,59H,5-17,19-24,26,28-35H2,1-4H3. The molecule has 1 spiro atoms. The molecule has 0 radical (unpaired) electrons. The van der Waals surface area contributed by atoms with Crippen LogP contribution >= 0.6 is 0 Å². The van der Waals surface area contributed by atoms with E-state index in [0.717, 1.165) is 113 Å². The lowest BCUT2D eigenvalue weighted by Crippen LogP contribution is -2.55. The minimum absolute atomic E-state index is 0.581. The predicted molar refractivity (Wildman–Crippen MR) is 249 cm³/mol. The van der Waals surface area contributed by atoms with Crippen molar-refractivity contribution < 1.29 is 0 Å². The first-order chi connectivity index (χ1) is 28.8. The molecule has 1 aliphatic heterocycles. The van der Waals surface area contributed by atoms with E-state index in [0.29, 0.717) is 5.41 Å². The molecule has 0 amide bonds. The van der Waals surface area contributed by atoms with E-state index in [1.165, 1.54) is 122 Å². The van der Waals surface area contributed by atoms with Gasteiger partial charge in [0.2, 0.25) is 0 Å². The first kappa shape index (κ1) is 40.9. The van der Waals surface area contributed by atoms with Crippen molar-refractivity contribution in [2.75, 3.05) is 0 Å². The van der Waals surface area contributed by atoms with Crippen molar-refractivity contribution in [3.63, 3.8) is 0 Å². The molecule has 0 aromatic rings. The fraction of sp³-hybridized carbons (Fsp3) is 0.897. The summed E-state index contributed by atoms with van der Waals surface area (Å²) >= 11 is 0. The molecule has 18 unspecified atom stereocenters. The highest BCUT2D eigenvalue weighted by Gasteiger charge is 2.68. The number of piperidine rings is 1. The smallest absolute Gasteiger partial charge is 0.0101 e. The molecule has 59 heavy (non-hydrogen) atoms. The zero-order valence-electron chi connectivity index (χ0n) is 39.0. The van der Waals surface area contributed by atoms with Crippen LogP contribution in [0, 0.1) is 106 Å². The van der Waals surface area contributed by atoms with E-state index in [-0.39, 0.29) is 0 Å². The highest BCUT2D eigenvalue weighted by molar-refractivity contribution is 5.46. The SMILES string of the molecule is CC1=CCC(C2CC(C3CCC(C)C(C)C3)NC(C3CC(C4C=CC5=C(C4)C4(C6CC(C)CCC56)C5CCCCC5C5CCCCC54)CC(C4CCCCC4)C3)C2)CC1. The summed E-state index contributed by atoms with van der Waals surface area (Å²) in [6.07, 6.45) is 51.0. The summed E-state index contributed by atoms with van der Waals surface area (Å²) in [6, 6.07) is 1.54. The highest BCUT2D eigenvalue weighted by atomic mass is 15.0. The fourth-order valence-electron chi connectivity index (χ4n) is 19.8. The molecular formula is C58H91N. The molecule has 1 heteroatoms. The van der Waals surface area contributed by atoms with Crippen LogP contribution in [0.3, 0.4) is 0 Å². The molecule has 7 saturated carbocycles. The topological polar surface area (TPSA) is 12.0 Å². The molecular weight excluding hydrogens is 711 g/mol. The number of fused-ring (bicyclic) bond motifs is 9. The fourth-order valence-corrected chi connectivity index (χ4v) is 19.8. The molecule has 1 heterocycles. The van der Waals surface area contributed by atoms with Gasteiger partial charge in [0.1, 0.15) is 0 Å². The largest absolute Gasteiger partial charge is 0.311 e. The van der Waals surface area contributed by atoms with E-state index in [1.54, 1.807) is 63.4 Å². The van der Waals surface area contributed by atoms with Crippen LogP contribution in [0.25, 0.3) is 0 Å². The Balaban J connectivity index is 0.908. The highest BCUT2D eigenvalue weighted by Crippen LogP contribution is 2.76. The van der Waals surface area contributed by atoms with Gasteiger partial charge in [-0.1, -0.05) is 121 Å². The molecule has 0 bridgehead atoms. The normalized spacial score (nSPS) is 51.8. The second kappa shape index (κ2) is 17.0. The number of nitrogens with one attached hydrogen (secondary N) is 1. The van der Waals surface area contributed by atoms with E-state index in [4.69, 9.17) is 0 Å². The van der Waals surface area contributed by atoms with E-state index in [1.807, 2.05) is 5.57 Å². The number of hydrogen-bond acceptors (Lipinski definition) is 1. The molecule has 18 atom stereocenters. The molecule has 1 saturated heterocycles. The average molecular weight is 802 g/mol. The summed E-state index contributed by atoms with van der Waals surface area (Å²) in [4.78, 5) is 0. The van der Waals surface area contributed by atoms with Gasteiger partial charge in [0.05, 0.1) is 0 Å². The molecule has 11 aliphatic rings. The summed E-state index contributed by atoms with van der Waals surface area (Å²) in [5, 5.41) is 4.69. The Bertz CT molecular complexity index is 1550. The monoisotopic (exact) mass is 802 g/mol. The number of rotatable bonds is 5. The van der Waals surface area contributed by atoms with Crippen LogP contribution in [-0.4, -0.2) is 12.1 Å². The van der Waals surface area contributed by atoms with Crippen LogP contribution in [0.15, 0.2) is 34.9 Å². The van der Waals surface area contributed by atoms with Crippen LogP contribution in [0.1, 0.15) is 207 Å². The van der Waals surface area contributed by atoms with Crippen molar-refractivity contribution in [2.45, 2.75) is 220 Å². The second-order valence-corrected chi connectivity index (χ2v) is 25.4. The van der Waals surface area contributed by atoms with Crippen LogP contribution in [0.2, 0.25) is 0 Å². The first-order valence-electron chi connectivity index (χ1n) is 27.7.